The van der Waals surface area contributed by atoms with Crippen molar-refractivity contribution in [1.82, 2.24) is 14.7 Å². The molecular formula is C25H34N4O2. The zero-order valence-corrected chi connectivity index (χ0v) is 18.8. The summed E-state index contributed by atoms with van der Waals surface area (Å²) < 4.78 is 1.80. The number of carbonyl (C=O) groups is 2. The molecule has 6 nitrogen and oxygen atoms in total. The highest BCUT2D eigenvalue weighted by atomic mass is 16.2. The lowest BCUT2D eigenvalue weighted by atomic mass is 9.68. The van der Waals surface area contributed by atoms with Gasteiger partial charge in [0, 0.05) is 31.7 Å². The fourth-order valence-corrected chi connectivity index (χ4v) is 5.22. The largest absolute Gasteiger partial charge is 0.342 e. The van der Waals surface area contributed by atoms with Gasteiger partial charge < -0.3 is 10.2 Å². The number of nitrogens with zero attached hydrogens (tertiary/aromatic N) is 3. The Morgan fingerprint density at radius 1 is 1.16 bits per heavy atom. The van der Waals surface area contributed by atoms with Gasteiger partial charge in [0.05, 0.1) is 17.3 Å². The van der Waals surface area contributed by atoms with E-state index >= 15 is 0 Å². The molecule has 0 atom stereocenters. The summed E-state index contributed by atoms with van der Waals surface area (Å²) in [4.78, 5) is 28.5. The van der Waals surface area contributed by atoms with E-state index in [4.69, 9.17) is 0 Å². The number of hydrogen-bond donors (Lipinski definition) is 1. The van der Waals surface area contributed by atoms with Crippen molar-refractivity contribution in [2.75, 3.05) is 18.4 Å². The number of amides is 2. The minimum atomic E-state index is -0.395. The van der Waals surface area contributed by atoms with Crippen LogP contribution in [0.3, 0.4) is 0 Å². The highest BCUT2D eigenvalue weighted by Crippen LogP contribution is 2.42. The smallest absolute Gasteiger partial charge is 0.233 e. The van der Waals surface area contributed by atoms with E-state index in [0.29, 0.717) is 25.9 Å². The van der Waals surface area contributed by atoms with Gasteiger partial charge >= 0.3 is 0 Å². The van der Waals surface area contributed by atoms with Gasteiger partial charge in [0.2, 0.25) is 11.8 Å². The molecule has 1 aliphatic heterocycles. The highest BCUT2D eigenvalue weighted by Gasteiger charge is 2.44. The summed E-state index contributed by atoms with van der Waals surface area (Å²) >= 11 is 0. The molecule has 0 spiro atoms. The monoisotopic (exact) mass is 422 g/mol. The fourth-order valence-electron chi connectivity index (χ4n) is 5.22. The Kier molecular flexibility index (Phi) is 6.44. The number of likely N-dealkylation sites (tertiary alicyclic amines) is 1. The maximum atomic E-state index is 13.8. The minimum absolute atomic E-state index is 0.0359. The number of aryl methyl sites for hydroxylation is 2. The van der Waals surface area contributed by atoms with Gasteiger partial charge in [-0.15, -0.1) is 0 Å². The molecule has 1 aliphatic carbocycles. The van der Waals surface area contributed by atoms with Crippen LogP contribution in [0, 0.1) is 12.8 Å². The standard InChI is InChI=1S/C25H34N4O2/c1-3-29-18-22(17-26-29)27-23(30)20-10-14-28(15-11-20)24(31)25(12-5-4-6-13-25)21-9-7-8-19(2)16-21/h7-9,16-18,20H,3-6,10-15H2,1-2H3,(H,27,30). The van der Waals surface area contributed by atoms with E-state index in [1.54, 1.807) is 10.9 Å². The van der Waals surface area contributed by atoms with Crippen LogP contribution in [0.15, 0.2) is 36.7 Å². The van der Waals surface area contributed by atoms with E-state index < -0.39 is 5.41 Å². The Labute approximate surface area is 185 Å². The molecule has 0 bridgehead atoms. The van der Waals surface area contributed by atoms with Crippen LogP contribution in [0.2, 0.25) is 0 Å². The molecule has 2 fully saturated rings. The van der Waals surface area contributed by atoms with Gasteiger partial charge in [-0.05, 0) is 45.1 Å². The van der Waals surface area contributed by atoms with Crippen molar-refractivity contribution in [1.29, 1.82) is 0 Å². The van der Waals surface area contributed by atoms with Crippen molar-refractivity contribution >= 4 is 17.5 Å². The number of piperidine rings is 1. The minimum Gasteiger partial charge on any atom is -0.342 e. The van der Waals surface area contributed by atoms with Crippen LogP contribution in [-0.2, 0) is 21.5 Å². The first-order valence-corrected chi connectivity index (χ1v) is 11.7. The SMILES string of the molecule is CCn1cc(NC(=O)C2CCN(C(=O)C3(c4cccc(C)c4)CCCCC3)CC2)cn1. The van der Waals surface area contributed by atoms with Gasteiger partial charge in [-0.3, -0.25) is 14.3 Å². The van der Waals surface area contributed by atoms with Gasteiger partial charge in [0.1, 0.15) is 0 Å². The van der Waals surface area contributed by atoms with E-state index in [-0.39, 0.29) is 17.7 Å². The lowest BCUT2D eigenvalue weighted by Gasteiger charge is -2.42. The number of anilines is 1. The first-order chi connectivity index (χ1) is 15.0. The molecule has 6 heteroatoms. The van der Waals surface area contributed by atoms with E-state index in [1.165, 1.54) is 17.5 Å². The van der Waals surface area contributed by atoms with Crippen LogP contribution in [0.25, 0.3) is 0 Å². The summed E-state index contributed by atoms with van der Waals surface area (Å²) in [5, 5.41) is 7.20. The van der Waals surface area contributed by atoms with Crippen LogP contribution in [0.1, 0.15) is 63.0 Å². The van der Waals surface area contributed by atoms with Gasteiger partial charge in [-0.1, -0.05) is 49.1 Å². The van der Waals surface area contributed by atoms with E-state index in [9.17, 15) is 9.59 Å². The topological polar surface area (TPSA) is 67.2 Å². The fraction of sp³-hybridized carbons (Fsp3) is 0.560. The summed E-state index contributed by atoms with van der Waals surface area (Å²) in [5.41, 5.74) is 2.72. The van der Waals surface area contributed by atoms with E-state index in [1.807, 2.05) is 18.0 Å². The number of benzene rings is 1. The third-order valence-electron chi connectivity index (χ3n) is 7.06. The van der Waals surface area contributed by atoms with Crippen molar-refractivity contribution in [3.8, 4) is 0 Å². The molecule has 1 saturated heterocycles. The molecular weight excluding hydrogens is 388 g/mol. The molecule has 1 N–H and O–H groups in total. The molecule has 166 valence electrons. The summed E-state index contributed by atoms with van der Waals surface area (Å²) in [6, 6.07) is 8.50. The molecule has 31 heavy (non-hydrogen) atoms. The summed E-state index contributed by atoms with van der Waals surface area (Å²) in [6.45, 7) is 6.19. The first kappa shape index (κ1) is 21.6. The van der Waals surface area contributed by atoms with Crippen molar-refractivity contribution in [3.05, 3.63) is 47.8 Å². The number of rotatable bonds is 5. The lowest BCUT2D eigenvalue weighted by Crippen LogP contribution is -2.51. The Hall–Kier alpha value is -2.63. The third kappa shape index (κ3) is 4.53. The molecule has 1 saturated carbocycles. The maximum Gasteiger partial charge on any atom is 0.233 e. The number of carbonyl (C=O) groups excluding carboxylic acids is 2. The molecule has 0 radical (unpaired) electrons. The normalized spacial score (nSPS) is 19.2. The second kappa shape index (κ2) is 9.25. The molecule has 1 aromatic carbocycles. The maximum absolute atomic E-state index is 13.8. The van der Waals surface area contributed by atoms with Crippen molar-refractivity contribution in [3.63, 3.8) is 0 Å². The molecule has 2 amide bonds. The Morgan fingerprint density at radius 2 is 1.90 bits per heavy atom. The van der Waals surface area contributed by atoms with E-state index in [2.05, 4.69) is 41.6 Å². The summed E-state index contributed by atoms with van der Waals surface area (Å²) in [7, 11) is 0. The van der Waals surface area contributed by atoms with Crippen LogP contribution in [-0.4, -0.2) is 39.6 Å². The lowest BCUT2D eigenvalue weighted by molar-refractivity contribution is -0.141. The zero-order valence-electron chi connectivity index (χ0n) is 18.8. The first-order valence-electron chi connectivity index (χ1n) is 11.7. The Morgan fingerprint density at radius 3 is 2.55 bits per heavy atom. The van der Waals surface area contributed by atoms with Crippen LogP contribution in [0.4, 0.5) is 5.69 Å². The second-order valence-corrected chi connectivity index (χ2v) is 9.15. The Balaban J connectivity index is 1.42. The highest BCUT2D eigenvalue weighted by molar-refractivity contribution is 5.93. The van der Waals surface area contributed by atoms with Gasteiger partial charge in [0.15, 0.2) is 0 Å². The van der Waals surface area contributed by atoms with Crippen molar-refractivity contribution in [2.45, 2.75) is 70.8 Å². The molecule has 2 aromatic rings. The summed E-state index contributed by atoms with van der Waals surface area (Å²) in [5.74, 6) is 0.241. The molecule has 0 unspecified atom stereocenters. The van der Waals surface area contributed by atoms with Gasteiger partial charge in [-0.2, -0.15) is 5.10 Å². The third-order valence-corrected chi connectivity index (χ3v) is 7.06. The molecule has 2 aliphatic rings. The number of aromatic nitrogens is 2. The van der Waals surface area contributed by atoms with Crippen LogP contribution in [0.5, 0.6) is 0 Å². The zero-order chi connectivity index (χ0) is 21.8. The average Bonchev–Trinajstić information content (AvgIpc) is 3.26. The number of nitrogens with one attached hydrogen (secondary N) is 1. The van der Waals surface area contributed by atoms with Crippen molar-refractivity contribution in [2.24, 2.45) is 5.92 Å². The molecule has 1 aromatic heterocycles. The van der Waals surface area contributed by atoms with Crippen LogP contribution < -0.4 is 5.32 Å². The second-order valence-electron chi connectivity index (χ2n) is 9.15. The van der Waals surface area contributed by atoms with Gasteiger partial charge in [-0.25, -0.2) is 0 Å². The van der Waals surface area contributed by atoms with E-state index in [0.717, 1.165) is 37.9 Å². The number of hydrogen-bond acceptors (Lipinski definition) is 3. The Bertz CT molecular complexity index is 921. The quantitative estimate of drug-likeness (QED) is 0.782. The molecule has 2 heterocycles. The molecule has 4 rings (SSSR count). The van der Waals surface area contributed by atoms with Gasteiger partial charge in [0.25, 0.3) is 0 Å². The average molecular weight is 423 g/mol. The predicted octanol–water partition coefficient (Wildman–Crippen LogP) is 4.29. The van der Waals surface area contributed by atoms with Crippen LogP contribution >= 0.6 is 0 Å². The predicted molar refractivity (Wildman–Crippen MR) is 122 cm³/mol. The van der Waals surface area contributed by atoms with Crippen molar-refractivity contribution < 1.29 is 9.59 Å². The summed E-state index contributed by atoms with van der Waals surface area (Å²) in [6.07, 6.45) is 10.2.